The zero-order chi connectivity index (χ0) is 15.1. The highest BCUT2D eigenvalue weighted by atomic mass is 35.5. The second kappa shape index (κ2) is 8.51. The molecule has 1 aromatic heterocycles. The molecule has 0 aliphatic heterocycles. The molecule has 1 heterocycles. The molecule has 1 amide bonds. The summed E-state index contributed by atoms with van der Waals surface area (Å²) in [6.07, 6.45) is 0.359. The molecule has 0 spiro atoms. The summed E-state index contributed by atoms with van der Waals surface area (Å²) < 4.78 is 0.706. The fraction of sp³-hybridized carbons (Fsp3) is 0.500. The van der Waals surface area contributed by atoms with Crippen molar-refractivity contribution in [3.05, 3.63) is 21.3 Å². The maximum Gasteiger partial charge on any atom is 0.320 e. The maximum absolute atomic E-state index is 11.9. The van der Waals surface area contributed by atoms with Crippen LogP contribution in [-0.4, -0.2) is 46.5 Å². The minimum Gasteiger partial charge on any atom is -0.480 e. The highest BCUT2D eigenvalue weighted by Crippen LogP contribution is 2.22. The van der Waals surface area contributed by atoms with E-state index in [1.807, 2.05) is 12.1 Å². The van der Waals surface area contributed by atoms with Crippen molar-refractivity contribution in [2.24, 2.45) is 5.73 Å². The number of thiophene rings is 1. The molecular formula is C12H17ClN2O3S2. The molecule has 0 aromatic carbocycles. The number of nitrogens with zero attached hydrogens (tertiary/aromatic N) is 1. The van der Waals surface area contributed by atoms with Crippen LogP contribution in [-0.2, 0) is 16.1 Å². The van der Waals surface area contributed by atoms with Crippen LogP contribution in [0.25, 0.3) is 0 Å². The minimum absolute atomic E-state index is 0.00317. The highest BCUT2D eigenvalue weighted by Gasteiger charge is 2.13. The number of amides is 1. The van der Waals surface area contributed by atoms with E-state index in [0.717, 1.165) is 4.88 Å². The number of halogens is 1. The Morgan fingerprint density at radius 1 is 1.55 bits per heavy atom. The molecule has 0 bridgehead atoms. The van der Waals surface area contributed by atoms with Gasteiger partial charge < -0.3 is 15.7 Å². The molecule has 112 valence electrons. The largest absolute Gasteiger partial charge is 0.480 e. The highest BCUT2D eigenvalue weighted by molar-refractivity contribution is 7.99. The summed E-state index contributed by atoms with van der Waals surface area (Å²) in [5.74, 6) is -0.133. The van der Waals surface area contributed by atoms with Crippen LogP contribution in [0.1, 0.15) is 11.3 Å². The Morgan fingerprint density at radius 3 is 2.80 bits per heavy atom. The normalized spacial score (nSPS) is 12.2. The molecule has 3 N–H and O–H groups in total. The average molecular weight is 337 g/mol. The molecule has 0 radical (unpaired) electrons. The fourth-order valence-corrected chi connectivity index (χ4v) is 3.46. The van der Waals surface area contributed by atoms with Crippen molar-refractivity contribution in [2.45, 2.75) is 19.0 Å². The van der Waals surface area contributed by atoms with Gasteiger partial charge in [0.25, 0.3) is 0 Å². The van der Waals surface area contributed by atoms with E-state index in [2.05, 4.69) is 0 Å². The van der Waals surface area contributed by atoms with Crippen LogP contribution in [0, 0.1) is 0 Å². The number of carboxylic acid groups (broad SMARTS) is 1. The van der Waals surface area contributed by atoms with Crippen molar-refractivity contribution < 1.29 is 14.7 Å². The van der Waals surface area contributed by atoms with Gasteiger partial charge >= 0.3 is 5.97 Å². The van der Waals surface area contributed by atoms with Crippen LogP contribution in [0.2, 0.25) is 4.34 Å². The van der Waals surface area contributed by atoms with Crippen molar-refractivity contribution >= 4 is 46.6 Å². The summed E-state index contributed by atoms with van der Waals surface area (Å²) in [4.78, 5) is 25.0. The van der Waals surface area contributed by atoms with E-state index in [9.17, 15) is 9.59 Å². The maximum atomic E-state index is 11.9. The number of carbonyl (C=O) groups excluding carboxylic acids is 1. The molecule has 0 saturated carbocycles. The van der Waals surface area contributed by atoms with E-state index in [1.54, 1.807) is 11.9 Å². The smallest absolute Gasteiger partial charge is 0.320 e. The molecule has 20 heavy (non-hydrogen) atoms. The molecule has 1 atom stereocenters. The number of aliphatic carboxylic acids is 1. The van der Waals surface area contributed by atoms with Gasteiger partial charge in [0, 0.05) is 11.9 Å². The van der Waals surface area contributed by atoms with E-state index < -0.39 is 12.0 Å². The number of carbonyl (C=O) groups is 2. The lowest BCUT2D eigenvalue weighted by molar-refractivity contribution is -0.138. The number of hydrogen-bond donors (Lipinski definition) is 2. The second-order valence-corrected chi connectivity index (χ2v) is 7.15. The first-order valence-corrected chi connectivity index (χ1v) is 8.29. The summed E-state index contributed by atoms with van der Waals surface area (Å²) in [5.41, 5.74) is 5.38. The van der Waals surface area contributed by atoms with E-state index in [-0.39, 0.29) is 5.91 Å². The van der Waals surface area contributed by atoms with Crippen LogP contribution < -0.4 is 5.73 Å². The minimum atomic E-state index is -1.01. The number of nitrogens with two attached hydrogens (primary N) is 1. The quantitative estimate of drug-likeness (QED) is 0.708. The zero-order valence-electron chi connectivity index (χ0n) is 11.0. The Bertz CT molecular complexity index is 467. The van der Waals surface area contributed by atoms with Crippen LogP contribution in [0.15, 0.2) is 12.1 Å². The first kappa shape index (κ1) is 17.3. The molecule has 0 fully saturated rings. The van der Waals surface area contributed by atoms with Gasteiger partial charge in [-0.15, -0.1) is 11.3 Å². The number of thioether (sulfide) groups is 1. The van der Waals surface area contributed by atoms with Gasteiger partial charge in [0.05, 0.1) is 16.6 Å². The Morgan fingerprint density at radius 2 is 2.25 bits per heavy atom. The Labute approximate surface area is 131 Å². The van der Waals surface area contributed by atoms with Crippen LogP contribution in [0.3, 0.4) is 0 Å². The Hall–Kier alpha value is -0.760. The van der Waals surface area contributed by atoms with Gasteiger partial charge in [0.2, 0.25) is 5.91 Å². The second-order valence-electron chi connectivity index (χ2n) is 4.24. The van der Waals surface area contributed by atoms with E-state index in [4.69, 9.17) is 22.4 Å². The third-order valence-corrected chi connectivity index (χ3v) is 4.75. The van der Waals surface area contributed by atoms with Crippen LogP contribution in [0.5, 0.6) is 0 Å². The van der Waals surface area contributed by atoms with Crippen molar-refractivity contribution in [3.8, 4) is 0 Å². The first-order chi connectivity index (χ1) is 9.40. The van der Waals surface area contributed by atoms with Gasteiger partial charge in [0.15, 0.2) is 0 Å². The zero-order valence-corrected chi connectivity index (χ0v) is 13.4. The number of carboxylic acids is 1. The first-order valence-electron chi connectivity index (χ1n) is 5.94. The van der Waals surface area contributed by atoms with Crippen molar-refractivity contribution in [3.63, 3.8) is 0 Å². The molecule has 1 rings (SSSR count). The lowest BCUT2D eigenvalue weighted by Gasteiger charge is -2.16. The summed E-state index contributed by atoms with van der Waals surface area (Å²) in [6, 6.07) is 2.85. The van der Waals surface area contributed by atoms with Gasteiger partial charge in [-0.25, -0.2) is 0 Å². The van der Waals surface area contributed by atoms with Crippen molar-refractivity contribution in [1.29, 1.82) is 0 Å². The predicted octanol–water partition coefficient (Wildman–Crippen LogP) is 1.90. The lowest BCUT2D eigenvalue weighted by Crippen LogP contribution is -2.31. The molecule has 1 unspecified atom stereocenters. The Kier molecular flexibility index (Phi) is 7.36. The summed E-state index contributed by atoms with van der Waals surface area (Å²) >= 11 is 8.68. The lowest BCUT2D eigenvalue weighted by atomic mass is 10.2. The third kappa shape index (κ3) is 6.13. The standard InChI is InChI=1S/C12H17ClN2O3S2/c1-15(6-8-2-3-10(13)20-8)11(16)7-19-5-4-9(14)12(17)18/h2-3,9H,4-7,14H2,1H3,(H,17,18). The van der Waals surface area contributed by atoms with Gasteiger partial charge in [-0.2, -0.15) is 11.8 Å². The fourth-order valence-electron chi connectivity index (χ4n) is 1.36. The average Bonchev–Trinajstić information content (AvgIpc) is 2.79. The van der Waals surface area contributed by atoms with E-state index in [1.165, 1.54) is 23.1 Å². The van der Waals surface area contributed by atoms with Gasteiger partial charge in [-0.1, -0.05) is 11.6 Å². The molecule has 0 aliphatic rings. The number of hydrogen-bond acceptors (Lipinski definition) is 5. The van der Waals surface area contributed by atoms with Gasteiger partial charge in [-0.3, -0.25) is 9.59 Å². The summed E-state index contributed by atoms with van der Waals surface area (Å²) in [7, 11) is 1.74. The monoisotopic (exact) mass is 336 g/mol. The molecule has 1 aromatic rings. The van der Waals surface area contributed by atoms with Gasteiger partial charge in [-0.05, 0) is 24.3 Å². The van der Waals surface area contributed by atoms with Gasteiger partial charge in [0.1, 0.15) is 6.04 Å². The molecule has 0 saturated heterocycles. The molecule has 8 heteroatoms. The van der Waals surface area contributed by atoms with Crippen molar-refractivity contribution in [1.82, 2.24) is 4.90 Å². The summed E-state index contributed by atoms with van der Waals surface area (Å²) in [6.45, 7) is 0.533. The van der Waals surface area contributed by atoms with E-state index >= 15 is 0 Å². The topological polar surface area (TPSA) is 83.6 Å². The molecule has 5 nitrogen and oxygen atoms in total. The molecular weight excluding hydrogens is 320 g/mol. The number of rotatable bonds is 8. The van der Waals surface area contributed by atoms with Crippen molar-refractivity contribution in [2.75, 3.05) is 18.6 Å². The van der Waals surface area contributed by atoms with Crippen LogP contribution in [0.4, 0.5) is 0 Å². The van der Waals surface area contributed by atoms with E-state index in [0.29, 0.717) is 28.8 Å². The predicted molar refractivity (Wildman–Crippen MR) is 83.4 cm³/mol. The molecule has 0 aliphatic carbocycles. The Balaban J connectivity index is 2.23. The summed E-state index contributed by atoms with van der Waals surface area (Å²) in [5, 5.41) is 8.63. The SMILES string of the molecule is CN(Cc1ccc(Cl)s1)C(=O)CSCCC(N)C(=O)O. The third-order valence-electron chi connectivity index (χ3n) is 2.56. The van der Waals surface area contributed by atoms with Crippen LogP contribution >= 0.6 is 34.7 Å².